The summed E-state index contributed by atoms with van der Waals surface area (Å²) in [6.45, 7) is 0. The first-order valence-corrected chi connectivity index (χ1v) is 7.12. The standard InChI is InChI=1S/C19H14N2/c20-13-14-6-5-7-15(12-14)21-18-10-3-1-8-16(18)17-9-2-4-11-19(17)21/h1-12,16,18H. The summed E-state index contributed by atoms with van der Waals surface area (Å²) in [5.41, 5.74) is 4.36. The van der Waals surface area contributed by atoms with E-state index in [0.717, 1.165) is 5.69 Å². The van der Waals surface area contributed by atoms with Gasteiger partial charge in [0.1, 0.15) is 0 Å². The van der Waals surface area contributed by atoms with E-state index in [2.05, 4.69) is 65.6 Å². The zero-order valence-electron chi connectivity index (χ0n) is 11.5. The van der Waals surface area contributed by atoms with E-state index in [0.29, 0.717) is 17.5 Å². The minimum atomic E-state index is 0.293. The van der Waals surface area contributed by atoms with Crippen LogP contribution in [0.2, 0.25) is 0 Å². The molecule has 0 saturated heterocycles. The van der Waals surface area contributed by atoms with Gasteiger partial charge in [0.15, 0.2) is 0 Å². The normalized spacial score (nSPS) is 21.8. The second-order valence-corrected chi connectivity index (χ2v) is 5.38. The first kappa shape index (κ1) is 12.0. The van der Waals surface area contributed by atoms with Gasteiger partial charge in [0.25, 0.3) is 0 Å². The third-order valence-corrected chi connectivity index (χ3v) is 4.21. The lowest BCUT2D eigenvalue weighted by Gasteiger charge is -2.28. The number of nitriles is 1. The van der Waals surface area contributed by atoms with Crippen molar-refractivity contribution < 1.29 is 0 Å². The molecule has 2 nitrogen and oxygen atoms in total. The zero-order chi connectivity index (χ0) is 14.2. The lowest BCUT2D eigenvalue weighted by atomic mass is 9.91. The second kappa shape index (κ2) is 4.64. The molecule has 0 aromatic heterocycles. The number of anilines is 2. The minimum absolute atomic E-state index is 0.293. The Kier molecular flexibility index (Phi) is 2.65. The molecule has 2 unspecified atom stereocenters. The van der Waals surface area contributed by atoms with E-state index >= 15 is 0 Å². The minimum Gasteiger partial charge on any atom is -0.333 e. The number of rotatable bonds is 1. The molecule has 0 N–H and O–H groups in total. The van der Waals surface area contributed by atoms with Crippen molar-refractivity contribution >= 4 is 11.4 Å². The Labute approximate surface area is 124 Å². The second-order valence-electron chi connectivity index (χ2n) is 5.38. The number of nitrogens with zero attached hydrogens (tertiary/aromatic N) is 2. The average Bonchev–Trinajstić information content (AvgIpc) is 2.89. The fourth-order valence-corrected chi connectivity index (χ4v) is 3.32. The third kappa shape index (κ3) is 1.79. The molecule has 1 heterocycles. The summed E-state index contributed by atoms with van der Waals surface area (Å²) in [5.74, 6) is 0.386. The highest BCUT2D eigenvalue weighted by molar-refractivity contribution is 5.75. The van der Waals surface area contributed by atoms with Crippen LogP contribution in [0, 0.1) is 11.3 Å². The fraction of sp³-hybridized carbons (Fsp3) is 0.105. The molecule has 2 aromatic rings. The molecule has 2 heteroatoms. The van der Waals surface area contributed by atoms with Gasteiger partial charge in [-0.3, -0.25) is 0 Å². The van der Waals surface area contributed by atoms with Crippen molar-refractivity contribution in [3.8, 4) is 6.07 Å². The molecule has 2 atom stereocenters. The van der Waals surface area contributed by atoms with Crippen molar-refractivity contribution in [2.75, 3.05) is 4.90 Å². The lowest BCUT2D eigenvalue weighted by molar-refractivity contribution is 0.744. The summed E-state index contributed by atoms with van der Waals surface area (Å²) in [5, 5.41) is 9.14. The smallest absolute Gasteiger partial charge is 0.0992 e. The van der Waals surface area contributed by atoms with E-state index in [9.17, 15) is 0 Å². The van der Waals surface area contributed by atoms with Crippen molar-refractivity contribution in [3.05, 3.63) is 84.0 Å². The summed E-state index contributed by atoms with van der Waals surface area (Å²) < 4.78 is 0. The van der Waals surface area contributed by atoms with Gasteiger partial charge in [-0.25, -0.2) is 0 Å². The van der Waals surface area contributed by atoms with Gasteiger partial charge in [-0.15, -0.1) is 0 Å². The van der Waals surface area contributed by atoms with Crippen LogP contribution in [0.1, 0.15) is 17.0 Å². The largest absolute Gasteiger partial charge is 0.333 e. The summed E-state index contributed by atoms with van der Waals surface area (Å²) in [7, 11) is 0. The van der Waals surface area contributed by atoms with Crippen molar-refractivity contribution in [2.45, 2.75) is 12.0 Å². The SMILES string of the molecule is N#Cc1cccc(N2c3ccccc3C3C=CC=CC32)c1. The Balaban J connectivity index is 1.89. The van der Waals surface area contributed by atoms with Crippen molar-refractivity contribution in [1.82, 2.24) is 0 Å². The van der Waals surface area contributed by atoms with E-state index in [1.54, 1.807) is 0 Å². The van der Waals surface area contributed by atoms with Gasteiger partial charge in [0.2, 0.25) is 0 Å². The van der Waals surface area contributed by atoms with Gasteiger partial charge >= 0.3 is 0 Å². The van der Waals surface area contributed by atoms with E-state index < -0.39 is 0 Å². The van der Waals surface area contributed by atoms with Crippen molar-refractivity contribution in [2.24, 2.45) is 0 Å². The van der Waals surface area contributed by atoms with Gasteiger partial charge in [-0.2, -0.15) is 5.26 Å². The van der Waals surface area contributed by atoms with Crippen LogP contribution in [0.25, 0.3) is 0 Å². The van der Waals surface area contributed by atoms with Crippen LogP contribution in [-0.4, -0.2) is 6.04 Å². The highest BCUT2D eigenvalue weighted by Crippen LogP contribution is 2.47. The van der Waals surface area contributed by atoms with Gasteiger partial charge in [0.05, 0.1) is 17.7 Å². The number of para-hydroxylation sites is 1. The zero-order valence-corrected chi connectivity index (χ0v) is 11.5. The van der Waals surface area contributed by atoms with E-state index in [1.807, 2.05) is 18.2 Å². The predicted octanol–water partition coefficient (Wildman–Crippen LogP) is 4.29. The summed E-state index contributed by atoms with van der Waals surface area (Å²) in [6, 6.07) is 18.9. The maximum atomic E-state index is 9.14. The van der Waals surface area contributed by atoms with Crippen LogP contribution < -0.4 is 4.90 Å². The van der Waals surface area contributed by atoms with Gasteiger partial charge in [-0.1, -0.05) is 48.6 Å². The molecule has 0 spiro atoms. The van der Waals surface area contributed by atoms with Crippen LogP contribution in [-0.2, 0) is 0 Å². The van der Waals surface area contributed by atoms with Gasteiger partial charge in [0, 0.05) is 17.3 Å². The molecular weight excluding hydrogens is 256 g/mol. The van der Waals surface area contributed by atoms with Crippen molar-refractivity contribution in [3.63, 3.8) is 0 Å². The van der Waals surface area contributed by atoms with Gasteiger partial charge < -0.3 is 4.90 Å². The molecule has 2 aromatic carbocycles. The Bertz CT molecular complexity index is 795. The maximum absolute atomic E-state index is 9.14. The third-order valence-electron chi connectivity index (χ3n) is 4.21. The number of allylic oxidation sites excluding steroid dienone is 2. The molecule has 100 valence electrons. The van der Waals surface area contributed by atoms with Crippen LogP contribution >= 0.6 is 0 Å². The number of benzene rings is 2. The molecule has 2 aliphatic rings. The highest BCUT2D eigenvalue weighted by atomic mass is 15.2. The summed E-state index contributed by atoms with van der Waals surface area (Å²) >= 11 is 0. The Morgan fingerprint density at radius 3 is 2.71 bits per heavy atom. The monoisotopic (exact) mass is 270 g/mol. The molecule has 0 saturated carbocycles. The fourth-order valence-electron chi connectivity index (χ4n) is 3.32. The van der Waals surface area contributed by atoms with E-state index in [1.165, 1.54) is 11.3 Å². The Morgan fingerprint density at radius 1 is 0.952 bits per heavy atom. The number of hydrogen-bond acceptors (Lipinski definition) is 2. The molecular formula is C19H14N2. The summed E-state index contributed by atoms with van der Waals surface area (Å²) in [4.78, 5) is 2.33. The molecule has 0 fully saturated rings. The molecule has 0 amide bonds. The first-order chi connectivity index (χ1) is 10.4. The topological polar surface area (TPSA) is 27.0 Å². The van der Waals surface area contributed by atoms with Crippen molar-refractivity contribution in [1.29, 1.82) is 5.26 Å². The van der Waals surface area contributed by atoms with Crippen LogP contribution in [0.3, 0.4) is 0 Å². The van der Waals surface area contributed by atoms with Crippen LogP contribution in [0.4, 0.5) is 11.4 Å². The van der Waals surface area contributed by atoms with Crippen LogP contribution in [0.5, 0.6) is 0 Å². The van der Waals surface area contributed by atoms with Crippen LogP contribution in [0.15, 0.2) is 72.8 Å². The number of hydrogen-bond donors (Lipinski definition) is 0. The first-order valence-electron chi connectivity index (χ1n) is 7.12. The number of fused-ring (bicyclic) bond motifs is 3. The molecule has 21 heavy (non-hydrogen) atoms. The quantitative estimate of drug-likeness (QED) is 0.773. The molecule has 4 rings (SSSR count). The molecule has 1 aliphatic carbocycles. The lowest BCUT2D eigenvalue weighted by Crippen LogP contribution is -2.28. The van der Waals surface area contributed by atoms with E-state index in [-0.39, 0.29) is 0 Å². The maximum Gasteiger partial charge on any atom is 0.0992 e. The van der Waals surface area contributed by atoms with E-state index in [4.69, 9.17) is 5.26 Å². The molecule has 0 bridgehead atoms. The molecule has 0 radical (unpaired) electrons. The van der Waals surface area contributed by atoms with Gasteiger partial charge in [-0.05, 0) is 29.8 Å². The summed E-state index contributed by atoms with van der Waals surface area (Å²) in [6.07, 6.45) is 8.72. The Hall–Kier alpha value is -2.79. The highest BCUT2D eigenvalue weighted by Gasteiger charge is 2.36. The molecule has 1 aliphatic heterocycles. The average molecular weight is 270 g/mol. The predicted molar refractivity (Wildman–Crippen MR) is 84.5 cm³/mol. The Morgan fingerprint density at radius 2 is 1.81 bits per heavy atom.